The Morgan fingerprint density at radius 1 is 1.53 bits per heavy atom. The Balaban J connectivity index is 1.87. The van der Waals surface area contributed by atoms with Crippen LogP contribution in [-0.2, 0) is 24.6 Å². The topological polar surface area (TPSA) is 56.2 Å². The molecule has 1 unspecified atom stereocenters. The number of alkyl carbamates (subject to hydrolysis) is 1. The number of hydrogen-bond acceptors (Lipinski definition) is 3. The molecule has 0 saturated carbocycles. The molecule has 0 spiro atoms. The first kappa shape index (κ1) is 12.0. The van der Waals surface area contributed by atoms with Gasteiger partial charge in [0.25, 0.3) is 0 Å². The highest BCUT2D eigenvalue weighted by molar-refractivity contribution is 5.68. The molecule has 1 amide bonds. The maximum absolute atomic E-state index is 11.6. The Kier molecular flexibility index (Phi) is 2.85. The van der Waals surface area contributed by atoms with Gasteiger partial charge in [-0.05, 0) is 32.8 Å². The van der Waals surface area contributed by atoms with E-state index in [1.54, 1.807) is 0 Å². The summed E-state index contributed by atoms with van der Waals surface area (Å²) in [6.45, 7) is 5.58. The average Bonchev–Trinajstić information content (AvgIpc) is 2.56. The van der Waals surface area contributed by atoms with Gasteiger partial charge in [-0.25, -0.2) is 4.79 Å². The Hall–Kier alpha value is -1.52. The van der Waals surface area contributed by atoms with E-state index < -0.39 is 5.60 Å². The lowest BCUT2D eigenvalue weighted by Gasteiger charge is -2.21. The van der Waals surface area contributed by atoms with Crippen LogP contribution in [-0.4, -0.2) is 27.5 Å². The molecule has 1 heterocycles. The lowest BCUT2D eigenvalue weighted by atomic mass is 10.2. The van der Waals surface area contributed by atoms with Gasteiger partial charge in [0.1, 0.15) is 5.60 Å². The van der Waals surface area contributed by atoms with Crippen molar-refractivity contribution >= 4 is 6.09 Å². The molecular weight excluding hydrogens is 218 g/mol. The minimum Gasteiger partial charge on any atom is -0.444 e. The SMILES string of the molecule is Cn1cc2c(n1)CC(NC(=O)OC(C)(C)C)C2. The standard InChI is InChI=1S/C12H19N3O2/c1-12(2,3)17-11(16)13-9-5-8-7-15(4)14-10(8)6-9/h7,9H,5-6H2,1-4H3,(H,13,16). The van der Waals surface area contributed by atoms with Gasteiger partial charge >= 0.3 is 6.09 Å². The van der Waals surface area contributed by atoms with E-state index >= 15 is 0 Å². The molecule has 1 aromatic heterocycles. The van der Waals surface area contributed by atoms with Gasteiger partial charge in [-0.1, -0.05) is 0 Å². The first-order valence-corrected chi connectivity index (χ1v) is 5.84. The second-order valence-electron chi connectivity index (χ2n) is 5.53. The number of ether oxygens (including phenoxy) is 1. The molecule has 1 N–H and O–H groups in total. The second kappa shape index (κ2) is 4.05. The van der Waals surface area contributed by atoms with Crippen LogP contribution < -0.4 is 5.32 Å². The first-order chi connectivity index (χ1) is 7.83. The van der Waals surface area contributed by atoms with Gasteiger partial charge in [0.2, 0.25) is 0 Å². The summed E-state index contributed by atoms with van der Waals surface area (Å²) in [6.07, 6.45) is 3.28. The molecule has 0 fully saturated rings. The van der Waals surface area contributed by atoms with Crippen molar-refractivity contribution < 1.29 is 9.53 Å². The van der Waals surface area contributed by atoms with Gasteiger partial charge in [-0.3, -0.25) is 4.68 Å². The van der Waals surface area contributed by atoms with Crippen LogP contribution in [0.3, 0.4) is 0 Å². The zero-order valence-electron chi connectivity index (χ0n) is 10.8. The predicted molar refractivity (Wildman–Crippen MR) is 63.8 cm³/mol. The van der Waals surface area contributed by atoms with Crippen molar-refractivity contribution in [3.8, 4) is 0 Å². The van der Waals surface area contributed by atoms with Crippen molar-refractivity contribution in [2.24, 2.45) is 7.05 Å². The fraction of sp³-hybridized carbons (Fsp3) is 0.667. The summed E-state index contributed by atoms with van der Waals surface area (Å²) >= 11 is 0. The number of nitrogens with zero attached hydrogens (tertiary/aromatic N) is 2. The molecule has 1 aromatic rings. The molecule has 0 bridgehead atoms. The summed E-state index contributed by atoms with van der Waals surface area (Å²) in [5.41, 5.74) is 1.84. The molecule has 1 aliphatic rings. The monoisotopic (exact) mass is 237 g/mol. The van der Waals surface area contributed by atoms with Crippen molar-refractivity contribution in [3.63, 3.8) is 0 Å². The van der Waals surface area contributed by atoms with Crippen molar-refractivity contribution in [2.75, 3.05) is 0 Å². The molecule has 0 aliphatic heterocycles. The van der Waals surface area contributed by atoms with Crippen LogP contribution >= 0.6 is 0 Å². The first-order valence-electron chi connectivity index (χ1n) is 5.84. The van der Waals surface area contributed by atoms with E-state index in [9.17, 15) is 4.79 Å². The molecule has 1 atom stereocenters. The van der Waals surface area contributed by atoms with Gasteiger partial charge < -0.3 is 10.1 Å². The molecule has 94 valence electrons. The number of carbonyl (C=O) groups excluding carboxylic acids is 1. The maximum Gasteiger partial charge on any atom is 0.407 e. The van der Waals surface area contributed by atoms with Crippen LogP contribution in [0.4, 0.5) is 4.79 Å². The van der Waals surface area contributed by atoms with Crippen molar-refractivity contribution in [1.29, 1.82) is 0 Å². The average molecular weight is 237 g/mol. The van der Waals surface area contributed by atoms with Gasteiger partial charge in [-0.2, -0.15) is 5.10 Å². The molecule has 0 radical (unpaired) electrons. The lowest BCUT2D eigenvalue weighted by Crippen LogP contribution is -2.39. The Labute approximate surface area is 101 Å². The fourth-order valence-electron chi connectivity index (χ4n) is 2.07. The fourth-order valence-corrected chi connectivity index (χ4v) is 2.07. The van der Waals surface area contributed by atoms with Gasteiger partial charge in [0.15, 0.2) is 0 Å². The van der Waals surface area contributed by atoms with E-state index in [-0.39, 0.29) is 12.1 Å². The largest absolute Gasteiger partial charge is 0.444 e. The smallest absolute Gasteiger partial charge is 0.407 e. The molecule has 1 aliphatic carbocycles. The summed E-state index contributed by atoms with van der Waals surface area (Å²) in [6, 6.07) is 0.114. The number of carbonyl (C=O) groups is 1. The highest BCUT2D eigenvalue weighted by atomic mass is 16.6. The van der Waals surface area contributed by atoms with E-state index in [4.69, 9.17) is 4.74 Å². The second-order valence-corrected chi connectivity index (χ2v) is 5.53. The van der Waals surface area contributed by atoms with Crippen molar-refractivity contribution in [1.82, 2.24) is 15.1 Å². The summed E-state index contributed by atoms with van der Waals surface area (Å²) in [7, 11) is 1.91. The quantitative estimate of drug-likeness (QED) is 0.803. The lowest BCUT2D eigenvalue weighted by molar-refractivity contribution is 0.0506. The van der Waals surface area contributed by atoms with Gasteiger partial charge in [-0.15, -0.1) is 0 Å². The van der Waals surface area contributed by atoms with Gasteiger partial charge in [0.05, 0.1) is 5.69 Å². The Morgan fingerprint density at radius 3 is 2.82 bits per heavy atom. The number of aromatic nitrogens is 2. The number of fused-ring (bicyclic) bond motifs is 1. The maximum atomic E-state index is 11.6. The molecule has 2 rings (SSSR count). The Bertz CT molecular complexity index is 408. The zero-order valence-corrected chi connectivity index (χ0v) is 10.8. The summed E-state index contributed by atoms with van der Waals surface area (Å²) in [4.78, 5) is 11.6. The number of hydrogen-bond donors (Lipinski definition) is 1. The van der Waals surface area contributed by atoms with E-state index in [0.717, 1.165) is 18.5 Å². The minimum atomic E-state index is -0.449. The molecule has 5 heteroatoms. The van der Waals surface area contributed by atoms with E-state index in [1.807, 2.05) is 38.7 Å². The number of nitrogens with one attached hydrogen (secondary N) is 1. The van der Waals surface area contributed by atoms with E-state index in [1.165, 1.54) is 5.56 Å². The van der Waals surface area contributed by atoms with Crippen molar-refractivity contribution in [3.05, 3.63) is 17.5 Å². The highest BCUT2D eigenvalue weighted by Crippen LogP contribution is 2.20. The predicted octanol–water partition coefficient (Wildman–Crippen LogP) is 1.41. The van der Waals surface area contributed by atoms with E-state index in [0.29, 0.717) is 0 Å². The summed E-state index contributed by atoms with van der Waals surface area (Å²) < 4.78 is 7.04. The minimum absolute atomic E-state index is 0.114. The third kappa shape index (κ3) is 2.99. The highest BCUT2D eigenvalue weighted by Gasteiger charge is 2.27. The normalized spacial score (nSPS) is 18.9. The molecular formula is C12H19N3O2. The van der Waals surface area contributed by atoms with Crippen LogP contribution in [0.15, 0.2) is 6.20 Å². The number of rotatable bonds is 1. The number of amides is 1. The third-order valence-electron chi connectivity index (χ3n) is 2.62. The number of aryl methyl sites for hydroxylation is 1. The molecule has 5 nitrogen and oxygen atoms in total. The van der Waals surface area contributed by atoms with Crippen molar-refractivity contribution in [2.45, 2.75) is 45.3 Å². The van der Waals surface area contributed by atoms with E-state index in [2.05, 4.69) is 10.4 Å². The zero-order chi connectivity index (χ0) is 12.6. The van der Waals surface area contributed by atoms with Crippen LogP contribution in [0.25, 0.3) is 0 Å². The Morgan fingerprint density at radius 2 is 2.24 bits per heavy atom. The van der Waals surface area contributed by atoms with Crippen LogP contribution in [0.2, 0.25) is 0 Å². The summed E-state index contributed by atoms with van der Waals surface area (Å²) in [5, 5.41) is 7.23. The van der Waals surface area contributed by atoms with Crippen LogP contribution in [0, 0.1) is 0 Å². The van der Waals surface area contributed by atoms with Crippen LogP contribution in [0.5, 0.6) is 0 Å². The third-order valence-corrected chi connectivity index (χ3v) is 2.62. The molecule has 0 aromatic carbocycles. The van der Waals surface area contributed by atoms with Gasteiger partial charge in [0, 0.05) is 25.7 Å². The summed E-state index contributed by atoms with van der Waals surface area (Å²) in [5.74, 6) is 0. The molecule has 17 heavy (non-hydrogen) atoms. The molecule has 0 saturated heterocycles. The van der Waals surface area contributed by atoms with Crippen LogP contribution in [0.1, 0.15) is 32.0 Å².